The van der Waals surface area contributed by atoms with Crippen molar-refractivity contribution in [1.29, 1.82) is 0 Å². The molecule has 1 atom stereocenters. The summed E-state index contributed by atoms with van der Waals surface area (Å²) in [5.74, 6) is 0. The molecular formula is C21H24N2O. The molecule has 3 aliphatic rings. The van der Waals surface area contributed by atoms with Crippen LogP contribution in [0.3, 0.4) is 0 Å². The number of hydrogen-bond donors (Lipinski definition) is 0. The van der Waals surface area contributed by atoms with Crippen LogP contribution in [0.25, 0.3) is 22.1 Å². The first-order valence-electron chi connectivity index (χ1n) is 9.14. The zero-order valence-corrected chi connectivity index (χ0v) is 14.7. The molecule has 24 heavy (non-hydrogen) atoms. The lowest BCUT2D eigenvalue weighted by atomic mass is 9.64. The molecule has 1 unspecified atom stereocenters. The molecule has 2 bridgehead atoms. The minimum atomic E-state index is 0.424. The fourth-order valence-electron chi connectivity index (χ4n) is 5.07. The Kier molecular flexibility index (Phi) is 2.83. The fourth-order valence-corrected chi connectivity index (χ4v) is 5.07. The number of furan rings is 1. The summed E-state index contributed by atoms with van der Waals surface area (Å²) in [5.41, 5.74) is 4.80. The van der Waals surface area contributed by atoms with Gasteiger partial charge in [-0.3, -0.25) is 0 Å². The second-order valence-corrected chi connectivity index (χ2v) is 8.03. The van der Waals surface area contributed by atoms with Crippen molar-refractivity contribution in [2.24, 2.45) is 5.41 Å². The fraction of sp³-hybridized carbons (Fsp3) is 0.476. The Labute approximate surface area is 142 Å². The quantitative estimate of drug-likeness (QED) is 0.597. The number of rotatable bonds is 1. The van der Waals surface area contributed by atoms with E-state index in [1.54, 1.807) is 0 Å². The molecule has 3 fully saturated rings. The summed E-state index contributed by atoms with van der Waals surface area (Å²) in [6.45, 7) is 7.09. The third kappa shape index (κ3) is 1.76. The normalized spacial score (nSPS) is 29.7. The Bertz CT molecular complexity index is 934. The van der Waals surface area contributed by atoms with Crippen LogP contribution in [-0.2, 0) is 0 Å². The van der Waals surface area contributed by atoms with E-state index in [4.69, 9.17) is 4.42 Å². The van der Waals surface area contributed by atoms with Crippen LogP contribution in [0.4, 0.5) is 5.69 Å². The molecule has 6 rings (SSSR count). The van der Waals surface area contributed by atoms with Crippen LogP contribution in [0.5, 0.6) is 0 Å². The van der Waals surface area contributed by atoms with Gasteiger partial charge in [-0.05, 0) is 62.6 Å². The van der Waals surface area contributed by atoms with Gasteiger partial charge in [0.05, 0.1) is 5.69 Å². The molecule has 2 aromatic heterocycles. The highest BCUT2D eigenvalue weighted by molar-refractivity contribution is 6.08. The van der Waals surface area contributed by atoms with Gasteiger partial charge in [0.1, 0.15) is 0 Å². The third-order valence-electron chi connectivity index (χ3n) is 6.77. The zero-order chi connectivity index (χ0) is 16.5. The van der Waals surface area contributed by atoms with E-state index in [0.717, 1.165) is 16.7 Å². The zero-order valence-electron chi connectivity index (χ0n) is 14.7. The minimum absolute atomic E-state index is 0.424. The maximum atomic E-state index is 6.25. The van der Waals surface area contributed by atoms with Crippen LogP contribution in [-0.4, -0.2) is 17.1 Å². The van der Waals surface area contributed by atoms with E-state index < -0.39 is 0 Å². The number of piperidine rings is 2. The minimum Gasteiger partial charge on any atom is -0.436 e. The highest BCUT2D eigenvalue weighted by Crippen LogP contribution is 2.52. The number of anilines is 1. The molecule has 0 N–H and O–H groups in total. The average molecular weight is 320 g/mol. The number of hydrogen-bond acceptors (Lipinski definition) is 3. The van der Waals surface area contributed by atoms with Gasteiger partial charge in [0.2, 0.25) is 5.71 Å². The van der Waals surface area contributed by atoms with Crippen LogP contribution in [0, 0.1) is 12.3 Å². The molecule has 3 nitrogen and oxygen atoms in total. The molecular weight excluding hydrogens is 296 g/mol. The van der Waals surface area contributed by atoms with E-state index in [1.807, 2.05) is 12.3 Å². The number of benzene rings is 1. The Morgan fingerprint density at radius 2 is 1.96 bits per heavy atom. The van der Waals surface area contributed by atoms with Crippen LogP contribution in [0.2, 0.25) is 0 Å². The Morgan fingerprint density at radius 3 is 2.75 bits per heavy atom. The number of aromatic nitrogens is 1. The van der Waals surface area contributed by atoms with Gasteiger partial charge in [-0.25, -0.2) is 4.98 Å². The summed E-state index contributed by atoms with van der Waals surface area (Å²) in [6.07, 6.45) is 7.12. The Morgan fingerprint density at radius 1 is 1.17 bits per heavy atom. The molecule has 0 radical (unpaired) electrons. The first kappa shape index (κ1) is 14.3. The standard InChI is InChI=1S/C21H24N2O/c1-13-6-7-16-17-5-4-12-22-20(17)24-19(16)18(13)23-14(2)21(3)10-8-15(23)9-11-21/h4-7,12,14-15H,8-11H2,1-3H3. The third-order valence-corrected chi connectivity index (χ3v) is 6.77. The second-order valence-electron chi connectivity index (χ2n) is 8.03. The van der Waals surface area contributed by atoms with Crippen molar-refractivity contribution >= 4 is 27.8 Å². The van der Waals surface area contributed by atoms with Crippen LogP contribution < -0.4 is 4.90 Å². The Hall–Kier alpha value is -2.03. The van der Waals surface area contributed by atoms with Gasteiger partial charge in [-0.15, -0.1) is 0 Å². The average Bonchev–Trinajstić information content (AvgIpc) is 2.96. The molecule has 3 heteroatoms. The lowest BCUT2D eigenvalue weighted by Crippen LogP contribution is -2.59. The second kappa shape index (κ2) is 4.75. The smallest absolute Gasteiger partial charge is 0.227 e. The molecule has 0 spiro atoms. The highest BCUT2D eigenvalue weighted by Gasteiger charge is 2.48. The molecule has 1 aromatic carbocycles. The first-order chi connectivity index (χ1) is 11.6. The van der Waals surface area contributed by atoms with Gasteiger partial charge < -0.3 is 9.32 Å². The molecule has 2 aliphatic heterocycles. The molecule has 124 valence electrons. The summed E-state index contributed by atoms with van der Waals surface area (Å²) < 4.78 is 6.25. The summed E-state index contributed by atoms with van der Waals surface area (Å²) in [5, 5.41) is 2.31. The van der Waals surface area contributed by atoms with Crippen molar-refractivity contribution in [2.75, 3.05) is 4.90 Å². The van der Waals surface area contributed by atoms with Crippen molar-refractivity contribution in [2.45, 2.75) is 58.5 Å². The van der Waals surface area contributed by atoms with Crippen molar-refractivity contribution in [3.63, 3.8) is 0 Å². The van der Waals surface area contributed by atoms with Gasteiger partial charge >= 0.3 is 0 Å². The van der Waals surface area contributed by atoms with Crippen molar-refractivity contribution in [3.05, 3.63) is 36.0 Å². The van der Waals surface area contributed by atoms with Crippen LogP contribution in [0.1, 0.15) is 45.1 Å². The predicted octanol–water partition coefficient (Wildman–Crippen LogP) is 5.45. The van der Waals surface area contributed by atoms with Crippen LogP contribution in [0.15, 0.2) is 34.9 Å². The SMILES string of the molecule is Cc1ccc2c(oc3ncccc32)c1N1C2CCC(C)(CC2)C1C. The number of aryl methyl sites for hydroxylation is 1. The molecule has 1 saturated carbocycles. The molecule has 2 saturated heterocycles. The monoisotopic (exact) mass is 320 g/mol. The van der Waals surface area contributed by atoms with E-state index >= 15 is 0 Å². The van der Waals surface area contributed by atoms with Gasteiger partial charge in [0.25, 0.3) is 0 Å². The van der Waals surface area contributed by atoms with E-state index in [0.29, 0.717) is 17.5 Å². The maximum absolute atomic E-state index is 6.25. The summed E-state index contributed by atoms with van der Waals surface area (Å²) in [6, 6.07) is 9.74. The molecule has 4 heterocycles. The molecule has 1 aliphatic carbocycles. The van der Waals surface area contributed by atoms with Crippen LogP contribution >= 0.6 is 0 Å². The van der Waals surface area contributed by atoms with Gasteiger partial charge in [-0.1, -0.05) is 19.1 Å². The van der Waals surface area contributed by atoms with Gasteiger partial charge in [0.15, 0.2) is 5.58 Å². The van der Waals surface area contributed by atoms with Gasteiger partial charge in [-0.2, -0.15) is 0 Å². The van der Waals surface area contributed by atoms with E-state index in [-0.39, 0.29) is 0 Å². The lowest BCUT2D eigenvalue weighted by molar-refractivity contribution is 0.0967. The topological polar surface area (TPSA) is 29.3 Å². The number of pyridine rings is 1. The highest BCUT2D eigenvalue weighted by atomic mass is 16.3. The van der Waals surface area contributed by atoms with E-state index in [9.17, 15) is 0 Å². The van der Waals surface area contributed by atoms with E-state index in [2.05, 4.69) is 48.9 Å². The van der Waals surface area contributed by atoms with Crippen molar-refractivity contribution in [1.82, 2.24) is 4.98 Å². The largest absolute Gasteiger partial charge is 0.436 e. The Balaban J connectivity index is 1.78. The maximum Gasteiger partial charge on any atom is 0.227 e. The first-order valence-corrected chi connectivity index (χ1v) is 9.14. The predicted molar refractivity (Wildman–Crippen MR) is 98.6 cm³/mol. The van der Waals surface area contributed by atoms with Crippen molar-refractivity contribution < 1.29 is 4.42 Å². The molecule has 0 amide bonds. The summed E-state index contributed by atoms with van der Waals surface area (Å²) in [7, 11) is 0. The summed E-state index contributed by atoms with van der Waals surface area (Å²) >= 11 is 0. The number of nitrogens with zero attached hydrogens (tertiary/aromatic N) is 2. The van der Waals surface area contributed by atoms with Crippen molar-refractivity contribution in [3.8, 4) is 0 Å². The van der Waals surface area contributed by atoms with Gasteiger partial charge in [0, 0.05) is 29.1 Å². The lowest BCUT2D eigenvalue weighted by Gasteiger charge is -2.57. The summed E-state index contributed by atoms with van der Waals surface area (Å²) in [4.78, 5) is 7.10. The number of fused-ring (bicyclic) bond motifs is 6. The van der Waals surface area contributed by atoms with E-state index in [1.165, 1.54) is 42.3 Å². The molecule has 3 aromatic rings.